The lowest BCUT2D eigenvalue weighted by molar-refractivity contribution is -0.123. The van der Waals surface area contributed by atoms with Crippen molar-refractivity contribution in [2.75, 3.05) is 13.1 Å². The number of furan rings is 1. The van der Waals surface area contributed by atoms with Crippen molar-refractivity contribution in [3.05, 3.63) is 24.2 Å². The molecule has 1 saturated carbocycles. The van der Waals surface area contributed by atoms with Gasteiger partial charge in [0.05, 0.1) is 12.8 Å². The van der Waals surface area contributed by atoms with E-state index in [9.17, 15) is 9.90 Å². The van der Waals surface area contributed by atoms with E-state index in [1.165, 1.54) is 19.3 Å². The molecule has 134 valence electrons. The molecule has 2 N–H and O–H groups in total. The third-order valence-corrected chi connectivity index (χ3v) is 5.43. The van der Waals surface area contributed by atoms with Crippen LogP contribution in [0.1, 0.15) is 69.7 Å². The van der Waals surface area contributed by atoms with E-state index in [1.807, 2.05) is 6.07 Å². The summed E-state index contributed by atoms with van der Waals surface area (Å²) in [6.45, 7) is 1.39. The van der Waals surface area contributed by atoms with Gasteiger partial charge in [-0.2, -0.15) is 0 Å². The largest absolute Gasteiger partial charge is 0.467 e. The van der Waals surface area contributed by atoms with Gasteiger partial charge in [-0.15, -0.1) is 0 Å². The molecule has 1 aliphatic carbocycles. The van der Waals surface area contributed by atoms with E-state index < -0.39 is 6.10 Å². The molecule has 3 rings (SSSR count). The van der Waals surface area contributed by atoms with Crippen molar-refractivity contribution in [1.29, 1.82) is 0 Å². The fraction of sp³-hybridized carbons (Fsp3) is 0.737. The highest BCUT2D eigenvalue weighted by Gasteiger charge is 2.27. The van der Waals surface area contributed by atoms with Crippen LogP contribution in [0.3, 0.4) is 0 Å². The molecule has 2 fully saturated rings. The Morgan fingerprint density at radius 3 is 2.79 bits per heavy atom. The van der Waals surface area contributed by atoms with Gasteiger partial charge in [-0.3, -0.25) is 9.69 Å². The first kappa shape index (κ1) is 17.5. The fourth-order valence-electron chi connectivity index (χ4n) is 4.09. The summed E-state index contributed by atoms with van der Waals surface area (Å²) in [5.41, 5.74) is 0. The third-order valence-electron chi connectivity index (χ3n) is 5.43. The van der Waals surface area contributed by atoms with Crippen molar-refractivity contribution in [2.45, 2.75) is 76.0 Å². The SMILES string of the molecule is O=C(CN1CCCCCC1CC(O)c1ccco1)NC1CCCC1. The lowest BCUT2D eigenvalue weighted by Crippen LogP contribution is -2.45. The number of carbonyl (C=O) groups is 1. The van der Waals surface area contributed by atoms with Gasteiger partial charge in [0, 0.05) is 12.1 Å². The minimum atomic E-state index is -0.594. The maximum absolute atomic E-state index is 12.4. The first-order chi connectivity index (χ1) is 11.7. The molecule has 5 nitrogen and oxygen atoms in total. The van der Waals surface area contributed by atoms with E-state index in [1.54, 1.807) is 12.3 Å². The Kier molecular flexibility index (Phi) is 6.32. The summed E-state index contributed by atoms with van der Waals surface area (Å²) in [5.74, 6) is 0.760. The molecular weight excluding hydrogens is 304 g/mol. The summed E-state index contributed by atoms with van der Waals surface area (Å²) >= 11 is 0. The molecule has 2 unspecified atom stereocenters. The predicted molar refractivity (Wildman–Crippen MR) is 92.5 cm³/mol. The lowest BCUT2D eigenvalue weighted by atomic mass is 10.0. The van der Waals surface area contributed by atoms with Crippen molar-refractivity contribution in [3.8, 4) is 0 Å². The standard InChI is InChI=1S/C19H30N2O3/c22-17(18-10-6-12-24-18)13-16-9-2-1-5-11-21(16)14-19(23)20-15-7-3-4-8-15/h6,10,12,15-17,22H,1-5,7-9,11,13-14H2,(H,20,23). The summed E-state index contributed by atoms with van der Waals surface area (Å²) in [6.07, 6.45) is 10.9. The number of nitrogens with zero attached hydrogens (tertiary/aromatic N) is 1. The molecule has 1 saturated heterocycles. The van der Waals surface area contributed by atoms with Crippen LogP contribution < -0.4 is 5.32 Å². The lowest BCUT2D eigenvalue weighted by Gasteiger charge is -2.31. The Morgan fingerprint density at radius 1 is 1.25 bits per heavy atom. The minimum Gasteiger partial charge on any atom is -0.467 e. The maximum Gasteiger partial charge on any atom is 0.234 e. The zero-order chi connectivity index (χ0) is 16.8. The Labute approximate surface area is 144 Å². The van der Waals surface area contributed by atoms with Crippen LogP contribution in [0.25, 0.3) is 0 Å². The number of hydrogen-bond donors (Lipinski definition) is 2. The number of rotatable bonds is 6. The zero-order valence-electron chi connectivity index (χ0n) is 14.5. The van der Waals surface area contributed by atoms with Gasteiger partial charge >= 0.3 is 0 Å². The minimum absolute atomic E-state index is 0.140. The van der Waals surface area contributed by atoms with E-state index in [0.29, 0.717) is 24.8 Å². The highest BCUT2D eigenvalue weighted by atomic mass is 16.4. The first-order valence-electron chi connectivity index (χ1n) is 9.47. The Bertz CT molecular complexity index is 497. The highest BCUT2D eigenvalue weighted by Crippen LogP contribution is 2.26. The molecular formula is C19H30N2O3. The molecule has 5 heteroatoms. The smallest absolute Gasteiger partial charge is 0.234 e. The number of aliphatic hydroxyl groups excluding tert-OH is 1. The van der Waals surface area contributed by atoms with Crippen molar-refractivity contribution in [1.82, 2.24) is 10.2 Å². The number of amides is 1. The second kappa shape index (κ2) is 8.67. The average molecular weight is 334 g/mol. The van der Waals surface area contributed by atoms with Crippen molar-refractivity contribution in [3.63, 3.8) is 0 Å². The average Bonchev–Trinajstić information content (AvgIpc) is 3.22. The highest BCUT2D eigenvalue weighted by molar-refractivity contribution is 5.78. The van der Waals surface area contributed by atoms with E-state index >= 15 is 0 Å². The van der Waals surface area contributed by atoms with Crippen LogP contribution in [0.2, 0.25) is 0 Å². The second-order valence-electron chi connectivity index (χ2n) is 7.29. The first-order valence-corrected chi connectivity index (χ1v) is 9.47. The van der Waals surface area contributed by atoms with Gasteiger partial charge in [-0.05, 0) is 50.8 Å². The molecule has 1 amide bonds. The second-order valence-corrected chi connectivity index (χ2v) is 7.29. The number of likely N-dealkylation sites (tertiary alicyclic amines) is 1. The zero-order valence-corrected chi connectivity index (χ0v) is 14.5. The van der Waals surface area contributed by atoms with Gasteiger partial charge in [0.2, 0.25) is 5.91 Å². The van der Waals surface area contributed by atoms with Gasteiger partial charge in [0.1, 0.15) is 11.9 Å². The van der Waals surface area contributed by atoms with Gasteiger partial charge in [0.15, 0.2) is 0 Å². The molecule has 0 radical (unpaired) electrons. The van der Waals surface area contributed by atoms with Crippen molar-refractivity contribution < 1.29 is 14.3 Å². The Balaban J connectivity index is 1.56. The normalized spacial score (nSPS) is 24.6. The van der Waals surface area contributed by atoms with Crippen LogP contribution in [-0.4, -0.2) is 41.1 Å². The Hall–Kier alpha value is -1.33. The van der Waals surface area contributed by atoms with Crippen LogP contribution in [0.5, 0.6) is 0 Å². The number of nitrogens with one attached hydrogen (secondary N) is 1. The molecule has 24 heavy (non-hydrogen) atoms. The van der Waals surface area contributed by atoms with E-state index in [2.05, 4.69) is 10.2 Å². The van der Waals surface area contributed by atoms with Crippen LogP contribution >= 0.6 is 0 Å². The summed E-state index contributed by atoms with van der Waals surface area (Å²) in [7, 11) is 0. The molecule has 1 aromatic rings. The number of hydrogen-bond acceptors (Lipinski definition) is 4. The van der Waals surface area contributed by atoms with Gasteiger partial charge in [0.25, 0.3) is 0 Å². The van der Waals surface area contributed by atoms with Gasteiger partial charge in [-0.1, -0.05) is 25.7 Å². The third kappa shape index (κ3) is 4.84. The van der Waals surface area contributed by atoms with Crippen LogP contribution in [0.15, 0.2) is 22.8 Å². The summed E-state index contributed by atoms with van der Waals surface area (Å²) in [6, 6.07) is 4.23. The monoisotopic (exact) mass is 334 g/mol. The number of carbonyl (C=O) groups excluding carboxylic acids is 1. The molecule has 2 heterocycles. The van der Waals surface area contributed by atoms with E-state index in [-0.39, 0.29) is 11.9 Å². The Morgan fingerprint density at radius 2 is 2.04 bits per heavy atom. The molecule has 1 aliphatic heterocycles. The van der Waals surface area contributed by atoms with Crippen LogP contribution in [0, 0.1) is 0 Å². The van der Waals surface area contributed by atoms with Crippen molar-refractivity contribution in [2.24, 2.45) is 0 Å². The fourth-order valence-corrected chi connectivity index (χ4v) is 4.09. The molecule has 2 atom stereocenters. The predicted octanol–water partition coefficient (Wildman–Crippen LogP) is 3.01. The van der Waals surface area contributed by atoms with E-state index in [4.69, 9.17) is 4.42 Å². The van der Waals surface area contributed by atoms with Crippen molar-refractivity contribution >= 4 is 5.91 Å². The molecule has 1 aromatic heterocycles. The topological polar surface area (TPSA) is 65.7 Å². The quantitative estimate of drug-likeness (QED) is 0.839. The number of aliphatic hydroxyl groups is 1. The van der Waals surface area contributed by atoms with Gasteiger partial charge in [-0.25, -0.2) is 0 Å². The molecule has 0 aromatic carbocycles. The van der Waals surface area contributed by atoms with Crippen LogP contribution in [-0.2, 0) is 4.79 Å². The summed E-state index contributed by atoms with van der Waals surface area (Å²) < 4.78 is 5.33. The summed E-state index contributed by atoms with van der Waals surface area (Å²) in [4.78, 5) is 14.7. The molecule has 0 bridgehead atoms. The molecule has 0 spiro atoms. The maximum atomic E-state index is 12.4. The molecule has 2 aliphatic rings. The summed E-state index contributed by atoms with van der Waals surface area (Å²) in [5, 5.41) is 13.6. The van der Waals surface area contributed by atoms with Crippen LogP contribution in [0.4, 0.5) is 0 Å². The van der Waals surface area contributed by atoms with Gasteiger partial charge < -0.3 is 14.8 Å². The van der Waals surface area contributed by atoms with E-state index in [0.717, 1.165) is 38.6 Å².